The molecule has 8 aliphatic rings. The molecular weight excluding hydrogens is 1570 g/mol. The molecule has 8 aliphatic carbocycles. The highest BCUT2D eigenvalue weighted by Crippen LogP contribution is 2.75. The van der Waals surface area contributed by atoms with Gasteiger partial charge in [-0.3, -0.25) is 0 Å². The minimum absolute atomic E-state index is 0. The summed E-state index contributed by atoms with van der Waals surface area (Å²) in [4.78, 5) is 0. The van der Waals surface area contributed by atoms with Gasteiger partial charge in [-0.05, 0) is 258 Å². The molecule has 8 fully saturated rings. The molecule has 0 heterocycles. The van der Waals surface area contributed by atoms with E-state index in [1.54, 1.807) is 22.3 Å². The topological polar surface area (TPSA) is 0 Å². The van der Waals surface area contributed by atoms with Gasteiger partial charge in [-0.2, -0.15) is 0 Å². The van der Waals surface area contributed by atoms with E-state index in [1.807, 2.05) is 243 Å². The molecular formula is C104H110Br4. The number of halogens is 4. The minimum atomic E-state index is 0. The standard InChI is InChI=1S/C34H32.C14H24.3C14H10.C9H8.4CH3Br.CH4/c1-5-13-27(14-6-1)31-21-32(28-15-7-2-8-16-28)24-33(22-31,29-17-9-3-10-18-29)26-34(23-31,25-32)30-19-11-4-12-20-30;1-11-5-12(2)8-13(3,6-11)10-14(4,7-11)9-12;3*1-3-7-13(8-4-1)11-12-14-9-5-2-6-10-14;1-2-6-9-7-4-3-5-8-9;4*1-2;/h1-20H,21-26H2;5-10H2,1-4H3;3*1-10H;3-5,7-8H,1H3;4*1H3;1H4. The fraction of sp³-hybridized carbons (Fsp3) is 0.288. The number of hydrogen-bond acceptors (Lipinski definition) is 0. The summed E-state index contributed by atoms with van der Waals surface area (Å²) in [6.07, 6.45) is 16.6. The van der Waals surface area contributed by atoms with Crippen LogP contribution in [0.5, 0.6) is 0 Å². The van der Waals surface area contributed by atoms with E-state index in [9.17, 15) is 0 Å². The Kier molecular flexibility index (Phi) is 34.6. The largest absolute Gasteiger partial charge is 0.101 e. The molecule has 0 saturated heterocycles. The smallest absolute Gasteiger partial charge is 0.0249 e. The second-order valence-electron chi connectivity index (χ2n) is 30.6. The first kappa shape index (κ1) is 86.8. The number of alkyl halides is 4. The first-order chi connectivity index (χ1) is 52.2. The van der Waals surface area contributed by atoms with Gasteiger partial charge in [0, 0.05) is 38.9 Å². The Bertz CT molecular complexity index is 3930. The summed E-state index contributed by atoms with van der Waals surface area (Å²) < 4.78 is 0. The van der Waals surface area contributed by atoms with Crippen LogP contribution in [-0.4, -0.2) is 23.3 Å². The Balaban J connectivity index is 0.000000188. The lowest BCUT2D eigenvalue weighted by Gasteiger charge is -2.71. The summed E-state index contributed by atoms with van der Waals surface area (Å²) in [5, 5.41) is 0. The second kappa shape index (κ2) is 43.1. The summed E-state index contributed by atoms with van der Waals surface area (Å²) >= 11 is 11.8. The molecule has 0 spiro atoms. The normalized spacial score (nSPS) is 23.5. The molecule has 0 aliphatic heterocycles. The van der Waals surface area contributed by atoms with E-state index >= 15 is 0 Å². The van der Waals surface area contributed by atoms with Crippen molar-refractivity contribution in [3.05, 3.63) is 395 Å². The van der Waals surface area contributed by atoms with E-state index < -0.39 is 0 Å². The fourth-order valence-electron chi connectivity index (χ4n) is 20.2. The van der Waals surface area contributed by atoms with E-state index in [0.717, 1.165) is 38.9 Å². The number of rotatable bonds is 4. The van der Waals surface area contributed by atoms with Crippen molar-refractivity contribution in [3.8, 4) is 47.4 Å². The molecule has 108 heavy (non-hydrogen) atoms. The summed E-state index contributed by atoms with van der Waals surface area (Å²) in [6, 6.07) is 116. The van der Waals surface area contributed by atoms with Crippen LogP contribution in [0, 0.1) is 69.0 Å². The van der Waals surface area contributed by atoms with Gasteiger partial charge in [-0.1, -0.05) is 389 Å². The number of benzene rings is 11. The molecule has 4 heteroatoms. The van der Waals surface area contributed by atoms with Gasteiger partial charge in [0.25, 0.3) is 0 Å². The summed E-state index contributed by atoms with van der Waals surface area (Å²) in [5.74, 6) is 31.7. The van der Waals surface area contributed by atoms with Gasteiger partial charge < -0.3 is 0 Å². The van der Waals surface area contributed by atoms with Crippen molar-refractivity contribution in [1.29, 1.82) is 0 Å². The third kappa shape index (κ3) is 24.3. The Morgan fingerprint density at radius 3 is 0.435 bits per heavy atom. The Morgan fingerprint density at radius 1 is 0.185 bits per heavy atom. The van der Waals surface area contributed by atoms with E-state index in [1.165, 1.54) is 77.0 Å². The maximum absolute atomic E-state index is 3.11. The molecule has 11 aromatic carbocycles. The van der Waals surface area contributed by atoms with Crippen LogP contribution in [-0.2, 0) is 21.7 Å². The van der Waals surface area contributed by atoms with Crippen LogP contribution in [0.25, 0.3) is 0 Å². The van der Waals surface area contributed by atoms with Crippen LogP contribution >= 0.6 is 63.7 Å². The van der Waals surface area contributed by atoms with Crippen LogP contribution in [0.2, 0.25) is 0 Å². The SMILES string of the molecule is C.C(#Cc1ccccc1)c1ccccc1.C(#Cc1ccccc1)c1ccccc1.C(#Cc1ccccc1)c1ccccc1.CBr.CBr.CBr.CBr.CC#Cc1ccccc1.CC12CC3(C)CC(C)(C1)CC(C)(C2)C3.c1ccc(C23CC4(c5ccccc5)CC(c5ccccc5)(C2)CC(c2ccccc2)(C3)C4)cc1. The summed E-state index contributed by atoms with van der Waals surface area (Å²) in [7, 11) is 0. The molecule has 0 N–H and O–H groups in total. The molecule has 0 atom stereocenters. The minimum Gasteiger partial charge on any atom is -0.101 e. The maximum atomic E-state index is 3.11. The molecule has 0 nitrogen and oxygen atoms in total. The molecule has 0 amide bonds. The zero-order chi connectivity index (χ0) is 76.4. The van der Waals surface area contributed by atoms with Crippen LogP contribution in [0.4, 0.5) is 0 Å². The predicted octanol–water partition coefficient (Wildman–Crippen LogP) is 28.5. The lowest BCUT2D eigenvalue weighted by Crippen LogP contribution is -2.67. The van der Waals surface area contributed by atoms with Crippen molar-refractivity contribution >= 4 is 63.7 Å². The van der Waals surface area contributed by atoms with E-state index in [0.29, 0.717) is 21.7 Å². The van der Waals surface area contributed by atoms with Crippen LogP contribution in [0.3, 0.4) is 0 Å². The van der Waals surface area contributed by atoms with Gasteiger partial charge in [0.1, 0.15) is 0 Å². The number of hydrogen-bond donors (Lipinski definition) is 0. The second-order valence-corrected chi connectivity index (χ2v) is 30.6. The fourth-order valence-corrected chi connectivity index (χ4v) is 20.2. The van der Waals surface area contributed by atoms with Crippen molar-refractivity contribution in [3.63, 3.8) is 0 Å². The van der Waals surface area contributed by atoms with Crippen molar-refractivity contribution in [1.82, 2.24) is 0 Å². The zero-order valence-electron chi connectivity index (χ0n) is 64.3. The van der Waals surface area contributed by atoms with Crippen molar-refractivity contribution in [2.45, 2.75) is 141 Å². The third-order valence-corrected chi connectivity index (χ3v) is 21.5. The molecule has 19 rings (SSSR count). The van der Waals surface area contributed by atoms with Gasteiger partial charge in [0.2, 0.25) is 0 Å². The average Bonchev–Trinajstić information content (AvgIpc) is 0.626. The highest BCUT2D eigenvalue weighted by Gasteiger charge is 2.69. The first-order valence-corrected chi connectivity index (χ1v) is 43.6. The van der Waals surface area contributed by atoms with Gasteiger partial charge in [-0.25, -0.2) is 0 Å². The molecule has 8 bridgehead atoms. The molecule has 554 valence electrons. The highest BCUT2D eigenvalue weighted by atomic mass is 79.9. The summed E-state index contributed by atoms with van der Waals surface area (Å²) in [5.41, 5.74) is 17.1. The van der Waals surface area contributed by atoms with Crippen LogP contribution < -0.4 is 0 Å². The molecule has 0 unspecified atom stereocenters. The quantitative estimate of drug-likeness (QED) is 0.122. The van der Waals surface area contributed by atoms with Gasteiger partial charge in [0.05, 0.1) is 0 Å². The Hall–Kier alpha value is -8.42. The monoisotopic (exact) mass is 1670 g/mol. The maximum Gasteiger partial charge on any atom is 0.0249 e. The van der Waals surface area contributed by atoms with Crippen molar-refractivity contribution in [2.24, 2.45) is 21.7 Å². The lowest BCUT2D eigenvalue weighted by molar-refractivity contribution is -0.176. The van der Waals surface area contributed by atoms with Gasteiger partial charge in [0.15, 0.2) is 0 Å². The van der Waals surface area contributed by atoms with E-state index in [-0.39, 0.29) is 29.1 Å². The molecule has 8 saturated carbocycles. The van der Waals surface area contributed by atoms with Crippen LogP contribution in [0.1, 0.15) is 180 Å². The van der Waals surface area contributed by atoms with Crippen LogP contribution in [0.15, 0.2) is 334 Å². The van der Waals surface area contributed by atoms with Gasteiger partial charge in [-0.15, -0.1) is 5.92 Å². The summed E-state index contributed by atoms with van der Waals surface area (Å²) in [6.45, 7) is 12.1. The van der Waals surface area contributed by atoms with Crippen molar-refractivity contribution in [2.75, 3.05) is 23.3 Å². The third-order valence-electron chi connectivity index (χ3n) is 21.5. The molecule has 0 radical (unpaired) electrons. The Labute approximate surface area is 685 Å². The molecule has 0 aromatic heterocycles. The van der Waals surface area contributed by atoms with E-state index in [2.05, 4.69) is 260 Å². The predicted molar refractivity (Wildman–Crippen MR) is 482 cm³/mol. The average molecular weight is 1680 g/mol. The Morgan fingerprint density at radius 2 is 0.306 bits per heavy atom. The lowest BCUT2D eigenvalue weighted by atomic mass is 9.32. The van der Waals surface area contributed by atoms with E-state index in [4.69, 9.17) is 0 Å². The first-order valence-electron chi connectivity index (χ1n) is 37.3. The highest BCUT2D eigenvalue weighted by molar-refractivity contribution is 9.09. The zero-order valence-corrected chi connectivity index (χ0v) is 70.6. The molecule has 11 aromatic rings. The van der Waals surface area contributed by atoms with Crippen molar-refractivity contribution < 1.29 is 0 Å². The van der Waals surface area contributed by atoms with Gasteiger partial charge >= 0.3 is 0 Å².